The first-order valence-electron chi connectivity index (χ1n) is 12.3. The summed E-state index contributed by atoms with van der Waals surface area (Å²) in [7, 11) is 0. The Labute approximate surface area is 188 Å². The molecular formula is C25H41N5O. The van der Waals surface area contributed by atoms with Gasteiger partial charge in [0.15, 0.2) is 5.96 Å². The molecule has 1 atom stereocenters. The molecule has 0 radical (unpaired) electrons. The van der Waals surface area contributed by atoms with Gasteiger partial charge in [-0.15, -0.1) is 0 Å². The van der Waals surface area contributed by atoms with Crippen LogP contribution in [-0.2, 0) is 17.9 Å². The predicted octanol–water partition coefficient (Wildman–Crippen LogP) is 3.37. The molecule has 1 aromatic rings. The maximum atomic E-state index is 12.7. The Morgan fingerprint density at radius 1 is 1.13 bits per heavy atom. The minimum Gasteiger partial charge on any atom is -0.357 e. The molecule has 1 unspecified atom stereocenters. The van der Waals surface area contributed by atoms with Gasteiger partial charge in [0.1, 0.15) is 0 Å². The summed E-state index contributed by atoms with van der Waals surface area (Å²) in [6, 6.07) is 9.02. The molecule has 1 aromatic carbocycles. The predicted molar refractivity (Wildman–Crippen MR) is 128 cm³/mol. The first-order valence-corrected chi connectivity index (χ1v) is 12.3. The van der Waals surface area contributed by atoms with Gasteiger partial charge in [0.05, 0.1) is 6.54 Å². The lowest BCUT2D eigenvalue weighted by Crippen LogP contribution is -2.45. The SMILES string of the molecule is CCNC(=NCc1cccc(CN(CC)CC)c1)NC1CCN(C(=O)C2CCCC2)C1. The molecule has 6 heteroatoms. The standard InChI is InChI=1S/C25H41N5O/c1-4-26-25(27-17-20-10-9-11-21(16-20)18-29(5-2)6-3)28-23-14-15-30(19-23)24(31)22-12-7-8-13-22/h9-11,16,22-23H,4-8,12-15,17-19H2,1-3H3,(H2,26,27,28). The van der Waals surface area contributed by atoms with Crippen LogP contribution >= 0.6 is 0 Å². The first kappa shape index (κ1) is 23.6. The number of nitrogens with one attached hydrogen (secondary N) is 2. The Bertz CT molecular complexity index is 724. The van der Waals surface area contributed by atoms with Crippen LogP contribution in [0.3, 0.4) is 0 Å². The average Bonchev–Trinajstić information content (AvgIpc) is 3.48. The summed E-state index contributed by atoms with van der Waals surface area (Å²) in [6.07, 6.45) is 5.55. The quantitative estimate of drug-likeness (QED) is 0.469. The van der Waals surface area contributed by atoms with Gasteiger partial charge < -0.3 is 15.5 Å². The third kappa shape index (κ3) is 6.96. The lowest BCUT2D eigenvalue weighted by molar-refractivity contribution is -0.134. The molecule has 6 nitrogen and oxygen atoms in total. The first-order chi connectivity index (χ1) is 15.1. The number of amides is 1. The van der Waals surface area contributed by atoms with Crippen LogP contribution in [0.25, 0.3) is 0 Å². The zero-order valence-electron chi connectivity index (χ0n) is 19.7. The van der Waals surface area contributed by atoms with Crippen molar-refractivity contribution >= 4 is 11.9 Å². The fourth-order valence-corrected chi connectivity index (χ4v) is 4.72. The molecule has 1 aliphatic heterocycles. The molecule has 172 valence electrons. The number of hydrogen-bond donors (Lipinski definition) is 2. The van der Waals surface area contributed by atoms with Crippen molar-refractivity contribution in [2.75, 3.05) is 32.7 Å². The summed E-state index contributed by atoms with van der Waals surface area (Å²) in [6.45, 7) is 12.7. The van der Waals surface area contributed by atoms with E-state index in [9.17, 15) is 4.79 Å². The van der Waals surface area contributed by atoms with E-state index in [1.54, 1.807) is 0 Å². The highest BCUT2D eigenvalue weighted by Gasteiger charge is 2.32. The Morgan fingerprint density at radius 2 is 1.87 bits per heavy atom. The van der Waals surface area contributed by atoms with Crippen molar-refractivity contribution < 1.29 is 4.79 Å². The Kier molecular flexibility index (Phi) is 9.19. The highest BCUT2D eigenvalue weighted by atomic mass is 16.2. The fourth-order valence-electron chi connectivity index (χ4n) is 4.72. The normalized spacial score (nSPS) is 19.9. The number of benzene rings is 1. The van der Waals surface area contributed by atoms with E-state index in [1.165, 1.54) is 24.0 Å². The number of aliphatic imine (C=N–C) groups is 1. The van der Waals surface area contributed by atoms with Crippen molar-refractivity contribution in [1.82, 2.24) is 20.4 Å². The highest BCUT2D eigenvalue weighted by Crippen LogP contribution is 2.27. The maximum absolute atomic E-state index is 12.7. The Balaban J connectivity index is 1.55. The number of guanidine groups is 1. The molecule has 2 N–H and O–H groups in total. The topological polar surface area (TPSA) is 60.0 Å². The summed E-state index contributed by atoms with van der Waals surface area (Å²) in [4.78, 5) is 22.0. The van der Waals surface area contributed by atoms with Crippen molar-refractivity contribution in [3.05, 3.63) is 35.4 Å². The van der Waals surface area contributed by atoms with Gasteiger partial charge in [0, 0.05) is 38.1 Å². The third-order valence-electron chi connectivity index (χ3n) is 6.60. The number of rotatable bonds is 9. The van der Waals surface area contributed by atoms with Gasteiger partial charge in [-0.05, 0) is 50.4 Å². The van der Waals surface area contributed by atoms with E-state index in [1.807, 2.05) is 0 Å². The average molecular weight is 428 g/mol. The molecule has 1 heterocycles. The zero-order chi connectivity index (χ0) is 22.1. The van der Waals surface area contributed by atoms with Crippen LogP contribution in [-0.4, -0.2) is 60.4 Å². The van der Waals surface area contributed by atoms with Crippen LogP contribution in [0.15, 0.2) is 29.3 Å². The molecular weight excluding hydrogens is 386 g/mol. The van der Waals surface area contributed by atoms with Crippen LogP contribution in [0.4, 0.5) is 0 Å². The van der Waals surface area contributed by atoms with Crippen LogP contribution in [0.2, 0.25) is 0 Å². The largest absolute Gasteiger partial charge is 0.357 e. The van der Waals surface area contributed by atoms with E-state index in [-0.39, 0.29) is 12.0 Å². The van der Waals surface area contributed by atoms with Crippen LogP contribution in [0.1, 0.15) is 64.0 Å². The van der Waals surface area contributed by atoms with Crippen LogP contribution in [0.5, 0.6) is 0 Å². The molecule has 1 saturated carbocycles. The molecule has 0 aromatic heterocycles. The molecule has 1 amide bonds. The van der Waals surface area contributed by atoms with Gasteiger partial charge in [-0.2, -0.15) is 0 Å². The number of carbonyl (C=O) groups is 1. The second kappa shape index (κ2) is 12.1. The Morgan fingerprint density at radius 3 is 2.58 bits per heavy atom. The number of hydrogen-bond acceptors (Lipinski definition) is 3. The minimum absolute atomic E-state index is 0.268. The van der Waals surface area contributed by atoms with E-state index < -0.39 is 0 Å². The molecule has 2 fully saturated rings. The summed E-state index contributed by atoms with van der Waals surface area (Å²) in [5, 5.41) is 6.94. The highest BCUT2D eigenvalue weighted by molar-refractivity contribution is 5.81. The van der Waals surface area contributed by atoms with Crippen molar-refractivity contribution in [2.24, 2.45) is 10.9 Å². The van der Waals surface area contributed by atoms with E-state index in [2.05, 4.69) is 65.5 Å². The zero-order valence-corrected chi connectivity index (χ0v) is 19.7. The molecule has 1 aliphatic carbocycles. The third-order valence-corrected chi connectivity index (χ3v) is 6.60. The molecule has 31 heavy (non-hydrogen) atoms. The lowest BCUT2D eigenvalue weighted by atomic mass is 10.1. The summed E-state index contributed by atoms with van der Waals surface area (Å²) in [5.74, 6) is 1.48. The van der Waals surface area contributed by atoms with E-state index >= 15 is 0 Å². The molecule has 3 rings (SSSR count). The molecule has 2 aliphatic rings. The van der Waals surface area contributed by atoms with Crippen molar-refractivity contribution in [3.8, 4) is 0 Å². The van der Waals surface area contributed by atoms with E-state index in [4.69, 9.17) is 4.99 Å². The van der Waals surface area contributed by atoms with Gasteiger partial charge in [0.2, 0.25) is 5.91 Å². The number of likely N-dealkylation sites (tertiary alicyclic amines) is 1. The van der Waals surface area contributed by atoms with Gasteiger partial charge in [0.25, 0.3) is 0 Å². The monoisotopic (exact) mass is 427 g/mol. The number of carbonyl (C=O) groups excluding carboxylic acids is 1. The fraction of sp³-hybridized carbons (Fsp3) is 0.680. The van der Waals surface area contributed by atoms with Crippen LogP contribution in [0, 0.1) is 5.92 Å². The van der Waals surface area contributed by atoms with Crippen molar-refractivity contribution in [3.63, 3.8) is 0 Å². The second-order valence-electron chi connectivity index (χ2n) is 8.87. The summed E-state index contributed by atoms with van der Waals surface area (Å²) >= 11 is 0. The molecule has 0 bridgehead atoms. The molecule has 1 saturated heterocycles. The maximum Gasteiger partial charge on any atom is 0.225 e. The van der Waals surface area contributed by atoms with E-state index in [0.717, 1.165) is 64.5 Å². The van der Waals surface area contributed by atoms with Crippen molar-refractivity contribution in [1.29, 1.82) is 0 Å². The van der Waals surface area contributed by atoms with Crippen molar-refractivity contribution in [2.45, 2.75) is 72.0 Å². The van der Waals surface area contributed by atoms with Gasteiger partial charge in [-0.1, -0.05) is 51.0 Å². The van der Waals surface area contributed by atoms with Gasteiger partial charge in [-0.3, -0.25) is 9.69 Å². The van der Waals surface area contributed by atoms with Crippen LogP contribution < -0.4 is 10.6 Å². The van der Waals surface area contributed by atoms with Gasteiger partial charge in [-0.25, -0.2) is 4.99 Å². The summed E-state index contributed by atoms with van der Waals surface area (Å²) in [5.41, 5.74) is 2.57. The summed E-state index contributed by atoms with van der Waals surface area (Å²) < 4.78 is 0. The smallest absolute Gasteiger partial charge is 0.225 e. The Hall–Kier alpha value is -2.08. The second-order valence-corrected chi connectivity index (χ2v) is 8.87. The van der Waals surface area contributed by atoms with E-state index in [0.29, 0.717) is 12.5 Å². The lowest BCUT2D eigenvalue weighted by Gasteiger charge is -2.21. The number of nitrogens with zero attached hydrogens (tertiary/aromatic N) is 3. The molecule has 0 spiro atoms. The minimum atomic E-state index is 0.268. The van der Waals surface area contributed by atoms with Gasteiger partial charge >= 0.3 is 0 Å².